The molecular formula is C15H21N3O5S. The van der Waals surface area contributed by atoms with Crippen LogP contribution in [-0.4, -0.2) is 46.1 Å². The SMILES string of the molecule is CC(C)(C)OC(=O)NCCNC(=S)Nc1ccc(O)c(C(=O)O)c1. The largest absolute Gasteiger partial charge is 0.507 e. The van der Waals surface area contributed by atoms with Crippen molar-refractivity contribution in [1.82, 2.24) is 10.6 Å². The van der Waals surface area contributed by atoms with E-state index in [0.29, 0.717) is 18.8 Å². The summed E-state index contributed by atoms with van der Waals surface area (Å²) in [6, 6.07) is 4.03. The number of aromatic carboxylic acids is 1. The van der Waals surface area contributed by atoms with Gasteiger partial charge in [-0.25, -0.2) is 9.59 Å². The van der Waals surface area contributed by atoms with Gasteiger partial charge in [-0.2, -0.15) is 0 Å². The minimum Gasteiger partial charge on any atom is -0.507 e. The number of carboxylic acid groups (broad SMARTS) is 1. The molecule has 0 aliphatic heterocycles. The lowest BCUT2D eigenvalue weighted by Gasteiger charge is -2.19. The van der Waals surface area contributed by atoms with E-state index in [1.54, 1.807) is 20.8 Å². The van der Waals surface area contributed by atoms with Crippen molar-refractivity contribution >= 4 is 35.1 Å². The van der Waals surface area contributed by atoms with Crippen molar-refractivity contribution in [2.24, 2.45) is 0 Å². The molecule has 0 fully saturated rings. The zero-order valence-electron chi connectivity index (χ0n) is 13.7. The van der Waals surface area contributed by atoms with Gasteiger partial charge in [-0.05, 0) is 51.2 Å². The molecule has 9 heteroatoms. The molecule has 1 aromatic rings. The number of carboxylic acids is 1. The van der Waals surface area contributed by atoms with Gasteiger partial charge in [-0.3, -0.25) is 0 Å². The smallest absolute Gasteiger partial charge is 0.407 e. The first-order valence-corrected chi connectivity index (χ1v) is 7.57. The van der Waals surface area contributed by atoms with Crippen LogP contribution in [0.1, 0.15) is 31.1 Å². The first-order chi connectivity index (χ1) is 11.1. The third-order valence-corrected chi connectivity index (χ3v) is 2.81. The molecule has 0 aliphatic carbocycles. The van der Waals surface area contributed by atoms with Crippen LogP contribution in [0.5, 0.6) is 5.75 Å². The van der Waals surface area contributed by atoms with Crippen molar-refractivity contribution in [2.45, 2.75) is 26.4 Å². The summed E-state index contributed by atoms with van der Waals surface area (Å²) in [4.78, 5) is 22.4. The minimum atomic E-state index is -1.24. The van der Waals surface area contributed by atoms with Gasteiger partial charge in [0.25, 0.3) is 0 Å². The van der Waals surface area contributed by atoms with Crippen molar-refractivity contribution in [3.05, 3.63) is 23.8 Å². The van der Waals surface area contributed by atoms with E-state index in [1.165, 1.54) is 18.2 Å². The van der Waals surface area contributed by atoms with Gasteiger partial charge >= 0.3 is 12.1 Å². The molecule has 0 saturated carbocycles. The maximum Gasteiger partial charge on any atom is 0.407 e. The Bertz CT molecular complexity index is 628. The normalized spacial score (nSPS) is 10.6. The molecule has 0 radical (unpaired) electrons. The van der Waals surface area contributed by atoms with E-state index in [1.807, 2.05) is 0 Å². The minimum absolute atomic E-state index is 0.227. The monoisotopic (exact) mass is 355 g/mol. The van der Waals surface area contributed by atoms with Crippen LogP contribution in [0.25, 0.3) is 0 Å². The Labute approximate surface area is 145 Å². The second kappa shape index (κ2) is 8.34. The van der Waals surface area contributed by atoms with E-state index in [-0.39, 0.29) is 16.4 Å². The van der Waals surface area contributed by atoms with Crippen LogP contribution in [0.15, 0.2) is 18.2 Å². The lowest BCUT2D eigenvalue weighted by Crippen LogP contribution is -2.39. The van der Waals surface area contributed by atoms with Gasteiger partial charge < -0.3 is 30.9 Å². The van der Waals surface area contributed by atoms with Gasteiger partial charge in [-0.15, -0.1) is 0 Å². The van der Waals surface area contributed by atoms with E-state index in [0.717, 1.165) is 0 Å². The summed E-state index contributed by atoms with van der Waals surface area (Å²) < 4.78 is 5.08. The lowest BCUT2D eigenvalue weighted by atomic mass is 10.2. The molecule has 0 unspecified atom stereocenters. The Balaban J connectivity index is 2.38. The molecule has 5 N–H and O–H groups in total. The van der Waals surface area contributed by atoms with Crippen LogP contribution in [0, 0.1) is 0 Å². The first kappa shape index (κ1) is 19.5. The van der Waals surface area contributed by atoms with Crippen LogP contribution in [0.4, 0.5) is 10.5 Å². The molecule has 0 atom stereocenters. The highest BCUT2D eigenvalue weighted by atomic mass is 32.1. The highest BCUT2D eigenvalue weighted by Gasteiger charge is 2.15. The van der Waals surface area contributed by atoms with Crippen LogP contribution < -0.4 is 16.0 Å². The third-order valence-electron chi connectivity index (χ3n) is 2.56. The fourth-order valence-corrected chi connectivity index (χ4v) is 1.84. The summed E-state index contributed by atoms with van der Waals surface area (Å²) in [5, 5.41) is 26.8. The van der Waals surface area contributed by atoms with Crippen molar-refractivity contribution in [3.8, 4) is 5.75 Å². The molecule has 0 spiro atoms. The summed E-state index contributed by atoms with van der Waals surface area (Å²) in [5.41, 5.74) is -0.369. The Morgan fingerprint density at radius 3 is 2.42 bits per heavy atom. The number of thiocarbonyl (C=S) groups is 1. The van der Waals surface area contributed by atoms with Gasteiger partial charge in [-0.1, -0.05) is 0 Å². The highest BCUT2D eigenvalue weighted by molar-refractivity contribution is 7.80. The van der Waals surface area contributed by atoms with Gasteiger partial charge in [0.1, 0.15) is 16.9 Å². The van der Waals surface area contributed by atoms with Gasteiger partial charge in [0.15, 0.2) is 5.11 Å². The third kappa shape index (κ3) is 7.14. The number of alkyl carbamates (subject to hydrolysis) is 1. The van der Waals surface area contributed by atoms with Crippen LogP contribution >= 0.6 is 12.2 Å². The van der Waals surface area contributed by atoms with Crippen LogP contribution in [0.3, 0.4) is 0 Å². The van der Waals surface area contributed by atoms with E-state index in [4.69, 9.17) is 22.1 Å². The summed E-state index contributed by atoms with van der Waals surface area (Å²) in [6.45, 7) is 5.97. The Morgan fingerprint density at radius 2 is 1.83 bits per heavy atom. The zero-order chi connectivity index (χ0) is 18.3. The number of carbonyl (C=O) groups excluding carboxylic acids is 1. The summed E-state index contributed by atoms with van der Waals surface area (Å²) >= 11 is 5.07. The van der Waals surface area contributed by atoms with Crippen molar-refractivity contribution < 1.29 is 24.5 Å². The maximum absolute atomic E-state index is 11.4. The molecule has 1 rings (SSSR count). The quantitative estimate of drug-likeness (QED) is 0.309. The Morgan fingerprint density at radius 1 is 1.21 bits per heavy atom. The predicted octanol–water partition coefficient (Wildman–Crippen LogP) is 1.90. The summed E-state index contributed by atoms with van der Waals surface area (Å²) in [7, 11) is 0. The van der Waals surface area contributed by atoms with Crippen molar-refractivity contribution in [2.75, 3.05) is 18.4 Å². The summed E-state index contributed by atoms with van der Waals surface area (Å²) in [5.74, 6) is -1.56. The number of amides is 1. The van der Waals surface area contributed by atoms with Gasteiger partial charge in [0.05, 0.1) is 0 Å². The average molecular weight is 355 g/mol. The molecular weight excluding hydrogens is 334 g/mol. The predicted molar refractivity (Wildman–Crippen MR) is 93.5 cm³/mol. The number of benzene rings is 1. The standard InChI is InChI=1S/C15H21N3O5S/c1-15(2,3)23-14(22)17-7-6-16-13(24)18-9-4-5-11(19)10(8-9)12(20)21/h4-5,8,19H,6-7H2,1-3H3,(H,17,22)(H,20,21)(H2,16,18,24). The Kier molecular flexibility index (Phi) is 6.78. The number of hydrogen-bond donors (Lipinski definition) is 5. The van der Waals surface area contributed by atoms with Gasteiger partial charge in [0, 0.05) is 18.8 Å². The first-order valence-electron chi connectivity index (χ1n) is 7.16. The number of ether oxygens (including phenoxy) is 1. The fourth-order valence-electron chi connectivity index (χ4n) is 1.62. The second-order valence-electron chi connectivity index (χ2n) is 5.85. The Hall–Kier alpha value is -2.55. The van der Waals surface area contributed by atoms with E-state index in [9.17, 15) is 14.7 Å². The second-order valence-corrected chi connectivity index (χ2v) is 6.25. The molecule has 0 bridgehead atoms. The lowest BCUT2D eigenvalue weighted by molar-refractivity contribution is 0.0528. The van der Waals surface area contributed by atoms with Crippen molar-refractivity contribution in [3.63, 3.8) is 0 Å². The summed E-state index contributed by atoms with van der Waals surface area (Å²) in [6.07, 6.45) is -0.521. The number of rotatable bonds is 5. The molecule has 8 nitrogen and oxygen atoms in total. The van der Waals surface area contributed by atoms with Crippen LogP contribution in [0.2, 0.25) is 0 Å². The van der Waals surface area contributed by atoms with Gasteiger partial charge in [0.2, 0.25) is 0 Å². The highest BCUT2D eigenvalue weighted by Crippen LogP contribution is 2.21. The zero-order valence-corrected chi connectivity index (χ0v) is 14.5. The van der Waals surface area contributed by atoms with E-state index in [2.05, 4.69) is 16.0 Å². The molecule has 1 amide bonds. The number of anilines is 1. The number of carbonyl (C=O) groups is 2. The number of phenols is 1. The van der Waals surface area contributed by atoms with Crippen molar-refractivity contribution in [1.29, 1.82) is 0 Å². The van der Waals surface area contributed by atoms with Crippen LogP contribution in [-0.2, 0) is 4.74 Å². The number of aromatic hydroxyl groups is 1. The van der Waals surface area contributed by atoms with E-state index < -0.39 is 17.7 Å². The molecule has 1 aromatic carbocycles. The molecule has 0 aliphatic rings. The number of hydrogen-bond acceptors (Lipinski definition) is 5. The molecule has 132 valence electrons. The molecule has 24 heavy (non-hydrogen) atoms. The maximum atomic E-state index is 11.4. The van der Waals surface area contributed by atoms with E-state index >= 15 is 0 Å². The average Bonchev–Trinajstić information content (AvgIpc) is 2.43. The molecule has 0 heterocycles. The molecule has 0 aromatic heterocycles. The fraction of sp³-hybridized carbons (Fsp3) is 0.400. The number of nitrogens with one attached hydrogen (secondary N) is 3. The molecule has 0 saturated heterocycles. The topological polar surface area (TPSA) is 120 Å².